The number of ether oxygens (including phenoxy) is 9. The second-order valence-corrected chi connectivity index (χ2v) is 14.3. The van der Waals surface area contributed by atoms with E-state index in [1.54, 1.807) is 25.1 Å². The van der Waals surface area contributed by atoms with Crippen LogP contribution in [-0.2, 0) is 9.53 Å². The minimum absolute atomic E-state index is 0.0537. The summed E-state index contributed by atoms with van der Waals surface area (Å²) in [6.07, 6.45) is 0.751. The first-order valence-corrected chi connectivity index (χ1v) is 20.5. The summed E-state index contributed by atoms with van der Waals surface area (Å²) in [6, 6.07) is 32.4. The third kappa shape index (κ3) is 13.1. The molecule has 0 fully saturated rings. The van der Waals surface area contributed by atoms with Crippen molar-refractivity contribution in [1.29, 1.82) is 0 Å². The van der Waals surface area contributed by atoms with Gasteiger partial charge in [-0.1, -0.05) is 0 Å². The van der Waals surface area contributed by atoms with E-state index >= 15 is 0 Å². The van der Waals surface area contributed by atoms with Gasteiger partial charge in [0.05, 0.1) is 42.1 Å². The molecular formula is C51H44O15. The maximum absolute atomic E-state index is 13.0. The van der Waals surface area contributed by atoms with E-state index in [-0.39, 0.29) is 74.2 Å². The molecule has 15 nitrogen and oxygen atoms in total. The number of esters is 6. The Balaban J connectivity index is 0.956. The standard InChI is InChI=1S/C51H44O15/c1-6-59-32(3)27-28-60-42-23-25-44(46(30-42)58-5)51(57)64-41-21-11-35(12-22-41)48(54)62-39-17-9-36(10-18-39)49(55)65-43-24-26-45(31(2)29-43)66-50(56)37-13-19-40(20-14-37)63-47(53)34-7-15-38(16-8-34)61-33(4)52/h7-26,29-30,32H,6,27-28H2,1-5H3. The summed E-state index contributed by atoms with van der Waals surface area (Å²) >= 11 is 0. The van der Waals surface area contributed by atoms with Gasteiger partial charge in [-0.25, -0.2) is 24.0 Å². The van der Waals surface area contributed by atoms with Crippen molar-refractivity contribution in [2.45, 2.75) is 40.2 Å². The zero-order chi connectivity index (χ0) is 47.2. The summed E-state index contributed by atoms with van der Waals surface area (Å²) in [4.78, 5) is 75.4. The zero-order valence-electron chi connectivity index (χ0n) is 36.5. The Kier molecular flexibility index (Phi) is 16.0. The highest BCUT2D eigenvalue weighted by Crippen LogP contribution is 2.28. The molecule has 0 amide bonds. The van der Waals surface area contributed by atoms with E-state index in [1.807, 2.05) is 13.8 Å². The van der Waals surface area contributed by atoms with Crippen LogP contribution in [0.15, 0.2) is 133 Å². The van der Waals surface area contributed by atoms with Crippen molar-refractivity contribution in [1.82, 2.24) is 0 Å². The molecule has 0 heterocycles. The smallest absolute Gasteiger partial charge is 0.347 e. The van der Waals surface area contributed by atoms with Crippen molar-refractivity contribution >= 4 is 35.8 Å². The van der Waals surface area contributed by atoms with E-state index in [9.17, 15) is 28.8 Å². The fourth-order valence-corrected chi connectivity index (χ4v) is 6.06. The average molecular weight is 897 g/mol. The number of carbonyl (C=O) groups is 6. The monoisotopic (exact) mass is 896 g/mol. The molecule has 0 radical (unpaired) electrons. The molecule has 0 aliphatic heterocycles. The lowest BCUT2D eigenvalue weighted by Gasteiger charge is -2.14. The fourth-order valence-electron chi connectivity index (χ4n) is 6.06. The summed E-state index contributed by atoms with van der Waals surface area (Å²) in [5.41, 5.74) is 1.46. The van der Waals surface area contributed by atoms with E-state index in [2.05, 4.69) is 0 Å². The predicted octanol–water partition coefficient (Wildman–Crippen LogP) is 9.22. The molecule has 66 heavy (non-hydrogen) atoms. The number of rotatable bonds is 18. The molecule has 6 aromatic rings. The lowest BCUT2D eigenvalue weighted by molar-refractivity contribution is -0.131. The van der Waals surface area contributed by atoms with E-state index < -0.39 is 35.8 Å². The van der Waals surface area contributed by atoms with Crippen LogP contribution in [0.1, 0.15) is 84.5 Å². The molecule has 338 valence electrons. The van der Waals surface area contributed by atoms with E-state index in [4.69, 9.17) is 42.6 Å². The van der Waals surface area contributed by atoms with Crippen LogP contribution >= 0.6 is 0 Å². The lowest BCUT2D eigenvalue weighted by atomic mass is 10.2. The van der Waals surface area contributed by atoms with Crippen LogP contribution in [-0.4, -0.2) is 62.2 Å². The second-order valence-electron chi connectivity index (χ2n) is 14.3. The van der Waals surface area contributed by atoms with Gasteiger partial charge in [0.1, 0.15) is 51.6 Å². The predicted molar refractivity (Wildman–Crippen MR) is 237 cm³/mol. The molecule has 0 spiro atoms. The van der Waals surface area contributed by atoms with Crippen molar-refractivity contribution in [2.24, 2.45) is 0 Å². The van der Waals surface area contributed by atoms with Gasteiger partial charge >= 0.3 is 35.8 Å². The third-order valence-electron chi connectivity index (χ3n) is 9.45. The van der Waals surface area contributed by atoms with Gasteiger partial charge in [0.15, 0.2) is 0 Å². The highest BCUT2D eigenvalue weighted by atomic mass is 16.6. The topological polar surface area (TPSA) is 185 Å². The van der Waals surface area contributed by atoms with Crippen LogP contribution in [0, 0.1) is 6.92 Å². The first kappa shape index (κ1) is 47.2. The van der Waals surface area contributed by atoms with Gasteiger partial charge < -0.3 is 42.6 Å². The summed E-state index contributed by atoms with van der Waals surface area (Å²) in [5, 5.41) is 0. The van der Waals surface area contributed by atoms with Crippen molar-refractivity contribution in [3.63, 3.8) is 0 Å². The molecule has 1 unspecified atom stereocenters. The Morgan fingerprint density at radius 1 is 0.470 bits per heavy atom. The minimum atomic E-state index is -0.688. The van der Waals surface area contributed by atoms with Crippen molar-refractivity contribution in [3.8, 4) is 46.0 Å². The summed E-state index contributed by atoms with van der Waals surface area (Å²) in [7, 11) is 1.44. The number of methoxy groups -OCH3 is 1. The first-order chi connectivity index (χ1) is 31.8. The van der Waals surface area contributed by atoms with Gasteiger partial charge in [0, 0.05) is 26.0 Å². The van der Waals surface area contributed by atoms with E-state index in [0.29, 0.717) is 30.9 Å². The molecule has 0 aliphatic carbocycles. The maximum Gasteiger partial charge on any atom is 0.347 e. The third-order valence-corrected chi connectivity index (χ3v) is 9.45. The Hall–Kier alpha value is -8.30. The first-order valence-electron chi connectivity index (χ1n) is 20.5. The van der Waals surface area contributed by atoms with Crippen molar-refractivity contribution in [3.05, 3.63) is 167 Å². The largest absolute Gasteiger partial charge is 0.496 e. The molecular weight excluding hydrogens is 853 g/mol. The molecule has 6 aromatic carbocycles. The highest BCUT2D eigenvalue weighted by molar-refractivity contribution is 5.96. The van der Waals surface area contributed by atoms with Gasteiger partial charge in [0.2, 0.25) is 0 Å². The maximum atomic E-state index is 13.0. The molecule has 0 aromatic heterocycles. The quantitative estimate of drug-likeness (QED) is 0.0587. The van der Waals surface area contributed by atoms with Crippen molar-refractivity contribution < 1.29 is 71.4 Å². The van der Waals surface area contributed by atoms with Crippen LogP contribution in [0.4, 0.5) is 0 Å². The zero-order valence-corrected chi connectivity index (χ0v) is 36.5. The van der Waals surface area contributed by atoms with Crippen LogP contribution in [0.2, 0.25) is 0 Å². The van der Waals surface area contributed by atoms with Crippen LogP contribution in [0.25, 0.3) is 0 Å². The van der Waals surface area contributed by atoms with Crippen LogP contribution in [0.3, 0.4) is 0 Å². The summed E-state index contributed by atoms with van der Waals surface area (Å²) in [6.45, 7) is 7.89. The molecule has 6 rings (SSSR count). The SMILES string of the molecule is CCOC(C)CCOc1ccc(C(=O)Oc2ccc(C(=O)Oc3ccc(C(=O)Oc4ccc(OC(=O)c5ccc(OC(=O)c6ccc(OC(C)=O)cc6)cc5)c(C)c4)cc3)cc2)c(OC)c1. The lowest BCUT2D eigenvalue weighted by Crippen LogP contribution is -2.13. The highest BCUT2D eigenvalue weighted by Gasteiger charge is 2.19. The number of hydrogen-bond donors (Lipinski definition) is 0. The molecule has 0 saturated carbocycles. The van der Waals surface area contributed by atoms with Crippen LogP contribution < -0.4 is 37.9 Å². The molecule has 0 bridgehead atoms. The normalized spacial score (nSPS) is 11.0. The fraction of sp³-hybridized carbons (Fsp3) is 0.176. The minimum Gasteiger partial charge on any atom is -0.496 e. The molecule has 0 saturated heterocycles. The number of aryl methyl sites for hydroxylation is 1. The van der Waals surface area contributed by atoms with Gasteiger partial charge in [-0.2, -0.15) is 0 Å². The Morgan fingerprint density at radius 2 is 0.879 bits per heavy atom. The van der Waals surface area contributed by atoms with Crippen molar-refractivity contribution in [2.75, 3.05) is 20.3 Å². The molecule has 1 atom stereocenters. The number of benzene rings is 6. The average Bonchev–Trinajstić information content (AvgIpc) is 3.30. The van der Waals surface area contributed by atoms with E-state index in [1.165, 1.54) is 129 Å². The Morgan fingerprint density at radius 3 is 1.32 bits per heavy atom. The molecule has 15 heteroatoms. The summed E-state index contributed by atoms with van der Waals surface area (Å²) in [5.74, 6) is -1.81. The second kappa shape index (κ2) is 22.4. The van der Waals surface area contributed by atoms with Crippen LogP contribution in [0.5, 0.6) is 46.0 Å². The summed E-state index contributed by atoms with van der Waals surface area (Å²) < 4.78 is 49.1. The van der Waals surface area contributed by atoms with Gasteiger partial charge in [-0.3, -0.25) is 4.79 Å². The van der Waals surface area contributed by atoms with E-state index in [0.717, 1.165) is 0 Å². The van der Waals surface area contributed by atoms with Gasteiger partial charge in [0.25, 0.3) is 0 Å². The molecule has 0 N–H and O–H groups in total. The van der Waals surface area contributed by atoms with Gasteiger partial charge in [-0.05, 0) is 154 Å². The van der Waals surface area contributed by atoms with Gasteiger partial charge in [-0.15, -0.1) is 0 Å². The Bertz CT molecular complexity index is 2690. The Labute approximate surface area is 379 Å². The number of hydrogen-bond acceptors (Lipinski definition) is 15. The number of carbonyl (C=O) groups excluding carboxylic acids is 6. The molecule has 0 aliphatic rings.